The third kappa shape index (κ3) is 4.97. The highest BCUT2D eigenvalue weighted by Crippen LogP contribution is 2.19. The maximum atomic E-state index is 13.0. The lowest BCUT2D eigenvalue weighted by atomic mass is 10.3. The van der Waals surface area contributed by atoms with Gasteiger partial charge in [0.15, 0.2) is 0 Å². The average molecular weight is 405 g/mol. The Kier molecular flexibility index (Phi) is 5.95. The van der Waals surface area contributed by atoms with E-state index in [0.717, 1.165) is 4.31 Å². The Morgan fingerprint density at radius 2 is 1.70 bits per heavy atom. The van der Waals surface area contributed by atoms with E-state index in [-0.39, 0.29) is 18.0 Å². The van der Waals surface area contributed by atoms with E-state index in [1.54, 1.807) is 54.6 Å². The van der Waals surface area contributed by atoms with E-state index in [0.29, 0.717) is 16.5 Å². The molecule has 2 aromatic carbocycles. The van der Waals surface area contributed by atoms with Crippen molar-refractivity contribution < 1.29 is 17.6 Å². The minimum atomic E-state index is -3.88. The molecule has 0 spiro atoms. The van der Waals surface area contributed by atoms with Crippen molar-refractivity contribution in [1.29, 1.82) is 0 Å². The minimum absolute atomic E-state index is 0.0573. The third-order valence-corrected chi connectivity index (χ3v) is 5.80. The summed E-state index contributed by atoms with van der Waals surface area (Å²) in [4.78, 5) is 12.5. The fourth-order valence-electron chi connectivity index (χ4n) is 2.44. The first-order chi connectivity index (χ1) is 12.9. The standard InChI is InChI=1S/C19H17ClN2O4S/c20-15-8-10-16(11-9-15)21-19(23)14-22(13-17-5-4-12-26-17)27(24,25)18-6-2-1-3-7-18/h1-12H,13-14H2,(H,21,23). The molecule has 140 valence electrons. The number of nitrogens with one attached hydrogen (secondary N) is 1. The van der Waals surface area contributed by atoms with E-state index in [1.165, 1.54) is 18.4 Å². The number of carbonyl (C=O) groups is 1. The number of halogens is 1. The van der Waals surface area contributed by atoms with Gasteiger partial charge < -0.3 is 9.73 Å². The molecule has 0 saturated heterocycles. The first-order valence-electron chi connectivity index (χ1n) is 8.08. The Hall–Kier alpha value is -2.61. The lowest BCUT2D eigenvalue weighted by Gasteiger charge is -2.21. The molecule has 0 aliphatic rings. The Balaban J connectivity index is 1.81. The van der Waals surface area contributed by atoms with Crippen molar-refractivity contribution in [3.8, 4) is 0 Å². The van der Waals surface area contributed by atoms with Crippen LogP contribution in [-0.2, 0) is 21.4 Å². The quantitative estimate of drug-likeness (QED) is 0.650. The predicted molar refractivity (Wildman–Crippen MR) is 103 cm³/mol. The van der Waals surface area contributed by atoms with Gasteiger partial charge in [-0.1, -0.05) is 29.8 Å². The smallest absolute Gasteiger partial charge is 0.243 e. The molecule has 0 fully saturated rings. The van der Waals surface area contributed by atoms with Gasteiger partial charge in [-0.3, -0.25) is 4.79 Å². The minimum Gasteiger partial charge on any atom is -0.468 e. The van der Waals surface area contributed by atoms with Crippen molar-refractivity contribution in [3.05, 3.63) is 83.8 Å². The first-order valence-corrected chi connectivity index (χ1v) is 9.90. The summed E-state index contributed by atoms with van der Waals surface area (Å²) in [7, 11) is -3.88. The van der Waals surface area contributed by atoms with Crippen LogP contribution in [0, 0.1) is 0 Å². The molecule has 0 atom stereocenters. The summed E-state index contributed by atoms with van der Waals surface area (Å²) in [6, 6.07) is 17.8. The zero-order chi connectivity index (χ0) is 19.3. The second-order valence-electron chi connectivity index (χ2n) is 5.72. The Morgan fingerprint density at radius 1 is 1.00 bits per heavy atom. The summed E-state index contributed by atoms with van der Waals surface area (Å²) in [5.41, 5.74) is 0.527. The topological polar surface area (TPSA) is 79.6 Å². The first kappa shape index (κ1) is 19.2. The van der Waals surface area contributed by atoms with Gasteiger partial charge in [-0.15, -0.1) is 0 Å². The summed E-state index contributed by atoms with van der Waals surface area (Å²) >= 11 is 5.83. The number of benzene rings is 2. The lowest BCUT2D eigenvalue weighted by Crippen LogP contribution is -2.37. The molecule has 6 nitrogen and oxygen atoms in total. The van der Waals surface area contributed by atoms with Crippen molar-refractivity contribution in [3.63, 3.8) is 0 Å². The van der Waals surface area contributed by atoms with Gasteiger partial charge >= 0.3 is 0 Å². The zero-order valence-electron chi connectivity index (χ0n) is 14.2. The van der Waals surface area contributed by atoms with Gasteiger partial charge in [-0.05, 0) is 48.5 Å². The molecule has 0 aliphatic carbocycles. The van der Waals surface area contributed by atoms with Gasteiger partial charge in [-0.2, -0.15) is 4.31 Å². The molecular weight excluding hydrogens is 388 g/mol. The molecule has 0 radical (unpaired) electrons. The molecule has 3 aromatic rings. The molecule has 1 N–H and O–H groups in total. The van der Waals surface area contributed by atoms with Crippen LogP contribution in [0.2, 0.25) is 5.02 Å². The lowest BCUT2D eigenvalue weighted by molar-refractivity contribution is -0.116. The SMILES string of the molecule is O=C(CN(Cc1ccco1)S(=O)(=O)c1ccccc1)Nc1ccc(Cl)cc1. The van der Waals surface area contributed by atoms with E-state index >= 15 is 0 Å². The van der Waals surface area contributed by atoms with Gasteiger partial charge in [0.1, 0.15) is 5.76 Å². The molecule has 1 amide bonds. The maximum absolute atomic E-state index is 13.0. The molecule has 3 rings (SSSR count). The summed E-state index contributed by atoms with van der Waals surface area (Å²) in [5, 5.41) is 3.21. The van der Waals surface area contributed by atoms with Crippen LogP contribution in [0.25, 0.3) is 0 Å². The molecule has 27 heavy (non-hydrogen) atoms. The summed E-state index contributed by atoms with van der Waals surface area (Å²) in [6.45, 7) is -0.418. The Bertz CT molecular complexity index is 988. The third-order valence-electron chi connectivity index (χ3n) is 3.74. The number of nitrogens with zero attached hydrogens (tertiary/aromatic N) is 1. The number of rotatable bonds is 7. The Labute approximate surface area is 162 Å². The normalized spacial score (nSPS) is 11.5. The van der Waals surface area contributed by atoms with Gasteiger partial charge in [-0.25, -0.2) is 8.42 Å². The number of amides is 1. The second-order valence-corrected chi connectivity index (χ2v) is 8.09. The fourth-order valence-corrected chi connectivity index (χ4v) is 3.95. The summed E-state index contributed by atoms with van der Waals surface area (Å²) in [5.74, 6) is -0.0304. The number of sulfonamides is 1. The van der Waals surface area contributed by atoms with E-state index in [4.69, 9.17) is 16.0 Å². The van der Waals surface area contributed by atoms with Crippen LogP contribution in [0.5, 0.6) is 0 Å². The van der Waals surface area contributed by atoms with E-state index in [2.05, 4.69) is 5.32 Å². The zero-order valence-corrected chi connectivity index (χ0v) is 15.8. The number of furan rings is 1. The monoisotopic (exact) mass is 404 g/mol. The van der Waals surface area contributed by atoms with E-state index in [9.17, 15) is 13.2 Å². The van der Waals surface area contributed by atoms with Crippen LogP contribution in [-0.4, -0.2) is 25.2 Å². The van der Waals surface area contributed by atoms with Crippen molar-refractivity contribution in [2.45, 2.75) is 11.4 Å². The van der Waals surface area contributed by atoms with Crippen LogP contribution in [0.15, 0.2) is 82.3 Å². The number of anilines is 1. The number of hydrogen-bond acceptors (Lipinski definition) is 4. The molecule has 1 aromatic heterocycles. The van der Waals surface area contributed by atoms with Crippen LogP contribution >= 0.6 is 11.6 Å². The highest BCUT2D eigenvalue weighted by Gasteiger charge is 2.27. The number of hydrogen-bond donors (Lipinski definition) is 1. The van der Waals surface area contributed by atoms with Gasteiger partial charge in [0.25, 0.3) is 0 Å². The van der Waals surface area contributed by atoms with Crippen LogP contribution in [0.3, 0.4) is 0 Å². The molecule has 0 aliphatic heterocycles. The molecule has 0 unspecified atom stereocenters. The maximum Gasteiger partial charge on any atom is 0.243 e. The van der Waals surface area contributed by atoms with Crippen molar-refractivity contribution in [1.82, 2.24) is 4.31 Å². The van der Waals surface area contributed by atoms with Gasteiger partial charge in [0.2, 0.25) is 15.9 Å². The molecule has 8 heteroatoms. The van der Waals surface area contributed by atoms with Crippen LogP contribution in [0.4, 0.5) is 5.69 Å². The van der Waals surface area contributed by atoms with Gasteiger partial charge in [0.05, 0.1) is 24.2 Å². The van der Waals surface area contributed by atoms with E-state index in [1.807, 2.05) is 0 Å². The van der Waals surface area contributed by atoms with Crippen molar-refractivity contribution in [2.75, 3.05) is 11.9 Å². The van der Waals surface area contributed by atoms with E-state index < -0.39 is 15.9 Å². The molecular formula is C19H17ClN2O4S. The van der Waals surface area contributed by atoms with Crippen molar-refractivity contribution in [2.24, 2.45) is 0 Å². The summed E-state index contributed by atoms with van der Waals surface area (Å²) in [6.07, 6.45) is 1.45. The highest BCUT2D eigenvalue weighted by molar-refractivity contribution is 7.89. The van der Waals surface area contributed by atoms with Gasteiger partial charge in [0, 0.05) is 10.7 Å². The molecule has 0 bridgehead atoms. The largest absolute Gasteiger partial charge is 0.468 e. The van der Waals surface area contributed by atoms with Crippen molar-refractivity contribution >= 4 is 33.2 Å². The Morgan fingerprint density at radius 3 is 2.33 bits per heavy atom. The molecule has 1 heterocycles. The summed E-state index contributed by atoms with van der Waals surface area (Å²) < 4.78 is 32.3. The van der Waals surface area contributed by atoms with Crippen LogP contribution in [0.1, 0.15) is 5.76 Å². The predicted octanol–water partition coefficient (Wildman–Crippen LogP) is 3.76. The highest BCUT2D eigenvalue weighted by atomic mass is 35.5. The fraction of sp³-hybridized carbons (Fsp3) is 0.105. The average Bonchev–Trinajstić information content (AvgIpc) is 3.17. The molecule has 0 saturated carbocycles. The second kappa shape index (κ2) is 8.39. The number of carbonyl (C=O) groups excluding carboxylic acids is 1. The van der Waals surface area contributed by atoms with Crippen LogP contribution < -0.4 is 5.32 Å².